The van der Waals surface area contributed by atoms with Gasteiger partial charge in [-0.1, -0.05) is 0 Å². The van der Waals surface area contributed by atoms with Gasteiger partial charge in [-0.15, -0.1) is 0 Å². The smallest absolute Gasteiger partial charge is 0.243 e. The van der Waals surface area contributed by atoms with Gasteiger partial charge in [-0.3, -0.25) is 4.79 Å². The summed E-state index contributed by atoms with van der Waals surface area (Å²) in [6.07, 6.45) is 5.71. The second-order valence-electron chi connectivity index (χ2n) is 9.24. The van der Waals surface area contributed by atoms with Crippen LogP contribution in [0.4, 0.5) is 0 Å². The quantitative estimate of drug-likeness (QED) is 0.698. The summed E-state index contributed by atoms with van der Waals surface area (Å²) in [6.45, 7) is 2.50. The molecular weight excluding hydrogens is 426 g/mol. The van der Waals surface area contributed by atoms with Crippen LogP contribution in [0.15, 0.2) is 35.2 Å². The van der Waals surface area contributed by atoms with E-state index in [2.05, 4.69) is 6.07 Å². The lowest BCUT2D eigenvalue weighted by molar-refractivity contribution is 0.00581. The first-order valence-corrected chi connectivity index (χ1v) is 12.8. The fourth-order valence-corrected chi connectivity index (χ4v) is 6.82. The molecule has 0 amide bonds. The molecule has 0 saturated carbocycles. The SMILES string of the molecule is COc1ccc(S(=O)(=O)N2CCC3(CC2)CC(=O)c2cc4c(cc2O3)CCCC4)cc1C. The molecule has 0 N–H and O–H groups in total. The molecule has 32 heavy (non-hydrogen) atoms. The summed E-state index contributed by atoms with van der Waals surface area (Å²) in [4.78, 5) is 13.3. The molecule has 6 nitrogen and oxygen atoms in total. The fraction of sp³-hybridized carbons (Fsp3) is 0.480. The van der Waals surface area contributed by atoms with Crippen LogP contribution in [0.1, 0.15) is 59.2 Å². The van der Waals surface area contributed by atoms with Crippen LogP contribution in [-0.4, -0.2) is 44.3 Å². The molecule has 0 unspecified atom stereocenters. The molecule has 2 aliphatic heterocycles. The lowest BCUT2D eigenvalue weighted by Gasteiger charge is -2.43. The van der Waals surface area contributed by atoms with Crippen LogP contribution in [0.2, 0.25) is 0 Å². The van der Waals surface area contributed by atoms with E-state index in [4.69, 9.17) is 9.47 Å². The first-order valence-electron chi connectivity index (χ1n) is 11.3. The Bertz CT molecular complexity index is 1180. The van der Waals surface area contributed by atoms with E-state index in [9.17, 15) is 13.2 Å². The number of carbonyl (C=O) groups excluding carboxylic acids is 1. The van der Waals surface area contributed by atoms with E-state index in [0.717, 1.165) is 18.4 Å². The Balaban J connectivity index is 1.35. The van der Waals surface area contributed by atoms with Crippen molar-refractivity contribution in [1.29, 1.82) is 0 Å². The fourth-order valence-electron chi connectivity index (χ4n) is 5.30. The van der Waals surface area contributed by atoms with Crippen LogP contribution in [-0.2, 0) is 22.9 Å². The first kappa shape index (κ1) is 21.5. The topological polar surface area (TPSA) is 72.9 Å². The minimum absolute atomic E-state index is 0.113. The van der Waals surface area contributed by atoms with Crippen molar-refractivity contribution in [3.8, 4) is 11.5 Å². The molecule has 2 aromatic rings. The maximum Gasteiger partial charge on any atom is 0.243 e. The van der Waals surface area contributed by atoms with Crippen molar-refractivity contribution in [1.82, 2.24) is 4.31 Å². The van der Waals surface area contributed by atoms with E-state index in [1.54, 1.807) is 25.3 Å². The molecule has 0 bridgehead atoms. The number of nitrogens with zero attached hydrogens (tertiary/aromatic N) is 1. The Labute approximate surface area is 189 Å². The van der Waals surface area contributed by atoms with Gasteiger partial charge in [-0.2, -0.15) is 4.31 Å². The zero-order valence-electron chi connectivity index (χ0n) is 18.6. The van der Waals surface area contributed by atoms with Crippen molar-refractivity contribution in [2.75, 3.05) is 20.2 Å². The van der Waals surface area contributed by atoms with Gasteiger partial charge in [0.1, 0.15) is 17.1 Å². The third-order valence-electron chi connectivity index (χ3n) is 7.19. The molecule has 1 saturated heterocycles. The van der Waals surface area contributed by atoms with Gasteiger partial charge < -0.3 is 9.47 Å². The number of rotatable bonds is 3. The lowest BCUT2D eigenvalue weighted by atomic mass is 9.81. The van der Waals surface area contributed by atoms with Crippen LogP contribution < -0.4 is 9.47 Å². The molecule has 1 fully saturated rings. The molecule has 0 radical (unpaired) electrons. The lowest BCUT2D eigenvalue weighted by Crippen LogP contribution is -2.52. The Hall–Kier alpha value is -2.38. The van der Waals surface area contributed by atoms with Gasteiger partial charge in [0.2, 0.25) is 10.0 Å². The van der Waals surface area contributed by atoms with Gasteiger partial charge in [0.15, 0.2) is 5.78 Å². The molecule has 3 aliphatic rings. The van der Waals surface area contributed by atoms with Crippen molar-refractivity contribution in [3.63, 3.8) is 0 Å². The van der Waals surface area contributed by atoms with Crippen LogP contribution in [0.25, 0.3) is 0 Å². The highest BCUT2D eigenvalue weighted by molar-refractivity contribution is 7.89. The number of hydrogen-bond acceptors (Lipinski definition) is 5. The van der Waals surface area contributed by atoms with Crippen LogP contribution >= 0.6 is 0 Å². The Morgan fingerprint density at radius 2 is 1.72 bits per heavy atom. The van der Waals surface area contributed by atoms with E-state index in [1.165, 1.54) is 28.3 Å². The second-order valence-corrected chi connectivity index (χ2v) is 11.2. The normalized spacial score (nSPS) is 20.4. The number of aryl methyl sites for hydroxylation is 3. The average Bonchev–Trinajstić information content (AvgIpc) is 2.78. The molecule has 0 atom stereocenters. The number of carbonyl (C=O) groups is 1. The third-order valence-corrected chi connectivity index (χ3v) is 9.09. The third kappa shape index (κ3) is 3.61. The maximum absolute atomic E-state index is 13.2. The maximum atomic E-state index is 13.2. The van der Waals surface area contributed by atoms with E-state index in [1.807, 2.05) is 13.0 Å². The van der Waals surface area contributed by atoms with Crippen LogP contribution in [0.3, 0.4) is 0 Å². The molecule has 2 aromatic carbocycles. The number of ketones is 1. The molecule has 1 spiro atoms. The summed E-state index contributed by atoms with van der Waals surface area (Å²) >= 11 is 0. The number of hydrogen-bond donors (Lipinski definition) is 0. The van der Waals surface area contributed by atoms with Gasteiger partial charge in [0, 0.05) is 25.9 Å². The standard InChI is InChI=1S/C25H29NO5S/c1-17-13-20(7-8-23(17)30-2)32(28,29)26-11-9-25(10-12-26)16-22(27)21-14-18-5-3-4-6-19(18)15-24(21)31-25/h7-8,13-15H,3-6,9-12,16H2,1-2H3. The Morgan fingerprint density at radius 3 is 2.38 bits per heavy atom. The van der Waals surface area contributed by atoms with Crippen molar-refractivity contribution in [2.45, 2.75) is 62.4 Å². The highest BCUT2D eigenvalue weighted by Gasteiger charge is 2.45. The average molecular weight is 456 g/mol. The number of piperidine rings is 1. The Morgan fingerprint density at radius 1 is 1.03 bits per heavy atom. The molecule has 0 aromatic heterocycles. The van der Waals surface area contributed by atoms with E-state index in [0.29, 0.717) is 49.4 Å². The zero-order valence-corrected chi connectivity index (χ0v) is 19.5. The predicted molar refractivity (Wildman–Crippen MR) is 121 cm³/mol. The molecular formula is C25H29NO5S. The van der Waals surface area contributed by atoms with Crippen molar-refractivity contribution >= 4 is 15.8 Å². The Kier molecular flexibility index (Phi) is 5.29. The molecule has 7 heteroatoms. The summed E-state index contributed by atoms with van der Waals surface area (Å²) in [5.41, 5.74) is 3.42. The number of ether oxygens (including phenoxy) is 2. The summed E-state index contributed by atoms with van der Waals surface area (Å²) in [5.74, 6) is 1.46. The summed E-state index contributed by atoms with van der Waals surface area (Å²) in [7, 11) is -2.04. The van der Waals surface area contributed by atoms with Gasteiger partial charge in [-0.05, 0) is 79.6 Å². The van der Waals surface area contributed by atoms with E-state index < -0.39 is 15.6 Å². The largest absolute Gasteiger partial charge is 0.496 e. The van der Waals surface area contributed by atoms with Crippen molar-refractivity contribution in [2.24, 2.45) is 0 Å². The van der Waals surface area contributed by atoms with Crippen molar-refractivity contribution in [3.05, 3.63) is 52.6 Å². The number of Topliss-reactive ketones (excluding diaryl/α,β-unsaturated/α-hetero) is 1. The molecule has 170 valence electrons. The minimum Gasteiger partial charge on any atom is -0.496 e. The highest BCUT2D eigenvalue weighted by atomic mass is 32.2. The zero-order chi connectivity index (χ0) is 22.5. The van der Waals surface area contributed by atoms with Gasteiger partial charge >= 0.3 is 0 Å². The first-order chi connectivity index (χ1) is 15.3. The summed E-state index contributed by atoms with van der Waals surface area (Å²) in [6, 6.07) is 9.02. The summed E-state index contributed by atoms with van der Waals surface area (Å²) in [5, 5.41) is 0. The van der Waals surface area contributed by atoms with Gasteiger partial charge in [0.05, 0.1) is 24.0 Å². The number of fused-ring (bicyclic) bond motifs is 2. The van der Waals surface area contributed by atoms with Gasteiger partial charge in [-0.25, -0.2) is 8.42 Å². The van der Waals surface area contributed by atoms with Crippen molar-refractivity contribution < 1.29 is 22.7 Å². The minimum atomic E-state index is -3.61. The number of sulfonamides is 1. The van der Waals surface area contributed by atoms with E-state index >= 15 is 0 Å². The monoisotopic (exact) mass is 455 g/mol. The highest BCUT2D eigenvalue weighted by Crippen LogP contribution is 2.42. The molecule has 5 rings (SSSR count). The summed E-state index contributed by atoms with van der Waals surface area (Å²) < 4.78 is 39.6. The molecule has 1 aliphatic carbocycles. The molecule has 2 heterocycles. The predicted octanol–water partition coefficient (Wildman–Crippen LogP) is 4.07. The second kappa shape index (κ2) is 7.89. The number of methoxy groups -OCH3 is 1. The van der Waals surface area contributed by atoms with E-state index in [-0.39, 0.29) is 10.7 Å². The van der Waals surface area contributed by atoms with Crippen LogP contribution in [0.5, 0.6) is 11.5 Å². The van der Waals surface area contributed by atoms with Gasteiger partial charge in [0.25, 0.3) is 0 Å². The number of benzene rings is 2. The van der Waals surface area contributed by atoms with Crippen LogP contribution in [0, 0.1) is 6.92 Å².